The number of halogens is 2. The number of rotatable bonds is 5. The zero-order valence-electron chi connectivity index (χ0n) is 18.7. The molecular weight excluding hydrogens is 544 g/mol. The van der Waals surface area contributed by atoms with E-state index in [1.165, 1.54) is 22.7 Å². The van der Waals surface area contributed by atoms with E-state index in [2.05, 4.69) is 20.9 Å². The molecule has 4 aromatic rings. The third-order valence-electron chi connectivity index (χ3n) is 5.07. The lowest BCUT2D eigenvalue weighted by molar-refractivity contribution is -0.183. The standard InChI is InChI=1S/C24H22BrClN2O3S2/c1-12-10-15-19(33-21(27-15)20-28-16(25)11-32-20)17(13-6-8-14(26)9-7-13)18(12)24(5,22(29)30)31-23(2,3)4/h6-11H,1-5H3,(H,29,30)/t24-/m0/s1. The molecule has 2 aromatic carbocycles. The fraction of sp³-hybridized carbons (Fsp3) is 0.292. The van der Waals surface area contributed by atoms with Crippen molar-refractivity contribution in [2.75, 3.05) is 0 Å². The lowest BCUT2D eigenvalue weighted by atomic mass is 9.84. The summed E-state index contributed by atoms with van der Waals surface area (Å²) in [6.45, 7) is 9.09. The molecule has 2 aromatic heterocycles. The van der Waals surface area contributed by atoms with Gasteiger partial charge in [-0.3, -0.25) is 0 Å². The smallest absolute Gasteiger partial charge is 0.340 e. The molecule has 0 bridgehead atoms. The average molecular weight is 566 g/mol. The summed E-state index contributed by atoms with van der Waals surface area (Å²) in [7, 11) is 0. The van der Waals surface area contributed by atoms with Gasteiger partial charge in [0.25, 0.3) is 0 Å². The van der Waals surface area contributed by atoms with Crippen molar-refractivity contribution >= 4 is 66.4 Å². The van der Waals surface area contributed by atoms with Crippen LogP contribution in [0.4, 0.5) is 0 Å². The highest BCUT2D eigenvalue weighted by Gasteiger charge is 2.43. The largest absolute Gasteiger partial charge is 0.479 e. The Bertz CT molecular complexity index is 1360. The van der Waals surface area contributed by atoms with Crippen LogP contribution in [0, 0.1) is 6.92 Å². The molecule has 9 heteroatoms. The molecular formula is C24H22BrClN2O3S2. The van der Waals surface area contributed by atoms with Crippen LogP contribution >= 0.6 is 50.2 Å². The fourth-order valence-corrected chi connectivity index (χ4v) is 6.49. The number of fused-ring (bicyclic) bond motifs is 1. The predicted molar refractivity (Wildman–Crippen MR) is 139 cm³/mol. The number of carbonyl (C=O) groups is 1. The van der Waals surface area contributed by atoms with E-state index in [1.54, 1.807) is 19.1 Å². The molecule has 0 aliphatic heterocycles. The van der Waals surface area contributed by atoms with Crippen molar-refractivity contribution in [2.24, 2.45) is 0 Å². The minimum atomic E-state index is -1.58. The third kappa shape index (κ3) is 4.72. The van der Waals surface area contributed by atoms with Crippen molar-refractivity contribution in [3.63, 3.8) is 0 Å². The van der Waals surface area contributed by atoms with Gasteiger partial charge in [0.2, 0.25) is 0 Å². The van der Waals surface area contributed by atoms with Crippen molar-refractivity contribution in [2.45, 2.75) is 45.8 Å². The summed E-state index contributed by atoms with van der Waals surface area (Å²) in [6.07, 6.45) is 0. The van der Waals surface area contributed by atoms with Gasteiger partial charge in [0.15, 0.2) is 15.6 Å². The van der Waals surface area contributed by atoms with E-state index in [0.29, 0.717) is 10.6 Å². The summed E-state index contributed by atoms with van der Waals surface area (Å²) in [5, 5.41) is 14.5. The third-order valence-corrected chi connectivity index (χ3v) is 8.10. The molecule has 1 atom stereocenters. The summed E-state index contributed by atoms with van der Waals surface area (Å²) in [5.74, 6) is -1.05. The van der Waals surface area contributed by atoms with E-state index in [9.17, 15) is 9.90 Å². The molecule has 0 spiro atoms. The maximum Gasteiger partial charge on any atom is 0.340 e. The number of aryl methyl sites for hydroxylation is 1. The number of aromatic nitrogens is 2. The number of carboxylic acids is 1. The minimum absolute atomic E-state index is 0.605. The first-order valence-electron chi connectivity index (χ1n) is 10.1. The Morgan fingerprint density at radius 2 is 1.79 bits per heavy atom. The Morgan fingerprint density at radius 1 is 1.12 bits per heavy atom. The molecule has 0 aliphatic carbocycles. The van der Waals surface area contributed by atoms with E-state index in [0.717, 1.165) is 41.5 Å². The molecule has 0 radical (unpaired) electrons. The molecule has 2 heterocycles. The molecule has 4 rings (SSSR count). The van der Waals surface area contributed by atoms with Crippen molar-refractivity contribution in [3.05, 3.63) is 56.5 Å². The maximum atomic E-state index is 12.7. The summed E-state index contributed by atoms with van der Waals surface area (Å²) in [5.41, 5.74) is 1.56. The first-order chi connectivity index (χ1) is 15.4. The SMILES string of the molecule is Cc1cc2nc(-c3nc(Br)cs3)sc2c(-c2ccc(Cl)cc2)c1[C@](C)(OC(C)(C)C)C(=O)O. The van der Waals surface area contributed by atoms with Gasteiger partial charge in [0.05, 0.1) is 15.8 Å². The van der Waals surface area contributed by atoms with E-state index in [-0.39, 0.29) is 0 Å². The molecule has 0 saturated heterocycles. The van der Waals surface area contributed by atoms with E-state index in [4.69, 9.17) is 21.3 Å². The number of aliphatic carboxylic acids is 1. The van der Waals surface area contributed by atoms with Gasteiger partial charge in [0.1, 0.15) is 4.60 Å². The Hall–Kier alpha value is -1.84. The van der Waals surface area contributed by atoms with Crippen LogP contribution in [-0.2, 0) is 15.1 Å². The van der Waals surface area contributed by atoms with Gasteiger partial charge in [-0.05, 0) is 79.9 Å². The van der Waals surface area contributed by atoms with Crippen LogP contribution in [0.25, 0.3) is 31.4 Å². The molecule has 0 amide bonds. The monoisotopic (exact) mass is 564 g/mol. The van der Waals surface area contributed by atoms with Gasteiger partial charge in [-0.25, -0.2) is 14.8 Å². The Labute approximate surface area is 213 Å². The van der Waals surface area contributed by atoms with Gasteiger partial charge in [-0.2, -0.15) is 0 Å². The highest BCUT2D eigenvalue weighted by molar-refractivity contribution is 9.10. The summed E-state index contributed by atoms with van der Waals surface area (Å²) in [6, 6.07) is 9.34. The van der Waals surface area contributed by atoms with Crippen molar-refractivity contribution < 1.29 is 14.6 Å². The lowest BCUT2D eigenvalue weighted by Crippen LogP contribution is -2.42. The van der Waals surface area contributed by atoms with Crippen LogP contribution in [0.15, 0.2) is 40.3 Å². The van der Waals surface area contributed by atoms with Gasteiger partial charge in [0, 0.05) is 21.5 Å². The van der Waals surface area contributed by atoms with Crippen molar-refractivity contribution in [1.82, 2.24) is 9.97 Å². The number of hydrogen-bond donors (Lipinski definition) is 1. The average Bonchev–Trinajstić information content (AvgIpc) is 3.32. The van der Waals surface area contributed by atoms with Gasteiger partial charge < -0.3 is 9.84 Å². The highest BCUT2D eigenvalue weighted by Crippen LogP contribution is 2.46. The molecule has 33 heavy (non-hydrogen) atoms. The molecule has 5 nitrogen and oxygen atoms in total. The summed E-state index contributed by atoms with van der Waals surface area (Å²) in [4.78, 5) is 22.0. The lowest BCUT2D eigenvalue weighted by Gasteiger charge is -2.36. The molecule has 0 saturated carbocycles. The number of nitrogens with zero attached hydrogens (tertiary/aromatic N) is 2. The van der Waals surface area contributed by atoms with Gasteiger partial charge >= 0.3 is 5.97 Å². The van der Waals surface area contributed by atoms with Crippen LogP contribution in [0.2, 0.25) is 5.02 Å². The zero-order valence-corrected chi connectivity index (χ0v) is 22.7. The number of thiazole rings is 2. The molecule has 1 N–H and O–H groups in total. The van der Waals surface area contributed by atoms with E-state index >= 15 is 0 Å². The highest BCUT2D eigenvalue weighted by atomic mass is 79.9. The summed E-state index contributed by atoms with van der Waals surface area (Å²) < 4.78 is 7.86. The van der Waals surface area contributed by atoms with E-state index in [1.807, 2.05) is 51.3 Å². The Morgan fingerprint density at radius 3 is 2.33 bits per heavy atom. The Balaban J connectivity index is 2.09. The Kier molecular flexibility index (Phi) is 6.44. The van der Waals surface area contributed by atoms with Crippen LogP contribution < -0.4 is 0 Å². The normalized spacial score (nSPS) is 13.9. The van der Waals surface area contributed by atoms with Crippen molar-refractivity contribution in [1.29, 1.82) is 0 Å². The maximum absolute atomic E-state index is 12.7. The predicted octanol–water partition coefficient (Wildman–Crippen LogP) is 7.93. The van der Waals surface area contributed by atoms with Crippen molar-refractivity contribution in [3.8, 4) is 21.1 Å². The molecule has 0 unspecified atom stereocenters. The van der Waals surface area contributed by atoms with Crippen LogP contribution in [0.3, 0.4) is 0 Å². The first kappa shape index (κ1) is 24.3. The van der Waals surface area contributed by atoms with E-state index < -0.39 is 17.2 Å². The zero-order chi connectivity index (χ0) is 24.1. The number of benzene rings is 2. The number of carboxylic acid groups (broad SMARTS) is 1. The second-order valence-electron chi connectivity index (χ2n) is 8.85. The van der Waals surface area contributed by atoms with Gasteiger partial charge in [-0.1, -0.05) is 23.7 Å². The molecule has 0 fully saturated rings. The number of hydrogen-bond acceptors (Lipinski definition) is 6. The number of ether oxygens (including phenoxy) is 1. The van der Waals surface area contributed by atoms with Crippen LogP contribution in [0.5, 0.6) is 0 Å². The van der Waals surface area contributed by atoms with Crippen LogP contribution in [-0.4, -0.2) is 26.6 Å². The quantitative estimate of drug-likeness (QED) is 0.266. The first-order valence-corrected chi connectivity index (χ1v) is 13.0. The van der Waals surface area contributed by atoms with Crippen LogP contribution in [0.1, 0.15) is 38.8 Å². The summed E-state index contributed by atoms with van der Waals surface area (Å²) >= 11 is 12.6. The second kappa shape index (κ2) is 8.74. The minimum Gasteiger partial charge on any atom is -0.479 e. The van der Waals surface area contributed by atoms with Gasteiger partial charge in [-0.15, -0.1) is 22.7 Å². The molecule has 0 aliphatic rings. The fourth-order valence-electron chi connectivity index (χ4n) is 3.96. The molecule has 172 valence electrons. The topological polar surface area (TPSA) is 72.3 Å². The second-order valence-corrected chi connectivity index (χ2v) is 12.0.